The molecule has 3 rings (SSSR count). The molecule has 150 valence electrons. The maximum atomic E-state index is 12.7. The minimum Gasteiger partial charge on any atom is -0.492 e. The lowest BCUT2D eigenvalue weighted by atomic mass is 10.1. The number of carbonyl (C=O) groups excluding carboxylic acids is 1. The molecule has 11 heteroatoms. The van der Waals surface area contributed by atoms with Crippen LogP contribution >= 0.6 is 0 Å². The van der Waals surface area contributed by atoms with E-state index in [0.29, 0.717) is 11.4 Å². The van der Waals surface area contributed by atoms with E-state index in [1.54, 1.807) is 41.4 Å². The zero-order chi connectivity index (χ0) is 20.4. The molecule has 1 N–H and O–H groups in total. The van der Waals surface area contributed by atoms with Crippen LogP contribution in [0.15, 0.2) is 52.6 Å². The fraction of sp³-hybridized carbons (Fsp3) is 0.294. The zero-order valence-electron chi connectivity index (χ0n) is 15.0. The fourth-order valence-corrected chi connectivity index (χ4v) is 3.94. The van der Waals surface area contributed by atoms with Gasteiger partial charge in [-0.25, -0.2) is 16.8 Å². The Morgan fingerprint density at radius 1 is 1.36 bits per heavy atom. The third kappa shape index (κ3) is 5.20. The summed E-state index contributed by atoms with van der Waals surface area (Å²) < 4.78 is 55.0. The third-order valence-corrected chi connectivity index (χ3v) is 5.97. The summed E-state index contributed by atoms with van der Waals surface area (Å²) in [4.78, 5) is 14.3. The fourth-order valence-electron chi connectivity index (χ4n) is 2.57. The Morgan fingerprint density at radius 3 is 2.89 bits per heavy atom. The molecular formula is C17H19N3O6S2. The lowest BCUT2D eigenvalue weighted by Crippen LogP contribution is -2.40. The average molecular weight is 425 g/mol. The summed E-state index contributed by atoms with van der Waals surface area (Å²) in [6.07, 6.45) is 5.94. The molecule has 0 aliphatic carbocycles. The van der Waals surface area contributed by atoms with Crippen LogP contribution in [0.4, 0.5) is 5.69 Å². The van der Waals surface area contributed by atoms with Crippen LogP contribution < -0.4 is 10.1 Å². The van der Waals surface area contributed by atoms with Gasteiger partial charge in [-0.15, -0.1) is 4.40 Å². The number of sulfonamides is 1. The topological polar surface area (TPSA) is 122 Å². The number of nitrogens with zero attached hydrogens (tertiary/aromatic N) is 2. The molecule has 1 aromatic carbocycles. The highest BCUT2D eigenvalue weighted by Gasteiger charge is 2.29. The molecule has 0 fully saturated rings. The first kappa shape index (κ1) is 20.1. The van der Waals surface area contributed by atoms with Gasteiger partial charge in [0.25, 0.3) is 15.9 Å². The lowest BCUT2D eigenvalue weighted by Gasteiger charge is -2.28. The van der Waals surface area contributed by atoms with Crippen LogP contribution in [0.3, 0.4) is 0 Å². The number of nitrogens with one attached hydrogen (secondary N) is 1. The predicted molar refractivity (Wildman–Crippen MR) is 105 cm³/mol. The standard InChI is InChI=1S/C17H19N3O6S2/c1-27(22,23)11-9-26-14-5-2-4-13(12-14)18-17(21)15-6-3-7-20-8-10-28(24,25)19-16(15)20/h2-7,12H,8-11H2,1H3,(H,18,21). The molecule has 0 saturated heterocycles. The molecule has 28 heavy (non-hydrogen) atoms. The summed E-state index contributed by atoms with van der Waals surface area (Å²) in [7, 11) is -6.73. The second-order valence-corrected chi connectivity index (χ2v) is 10.3. The lowest BCUT2D eigenvalue weighted by molar-refractivity contribution is -0.112. The van der Waals surface area contributed by atoms with E-state index in [0.717, 1.165) is 6.26 Å². The van der Waals surface area contributed by atoms with Crippen LogP contribution in [-0.4, -0.2) is 64.4 Å². The normalized spacial score (nSPS) is 18.0. The van der Waals surface area contributed by atoms with Crippen molar-refractivity contribution in [1.29, 1.82) is 0 Å². The van der Waals surface area contributed by atoms with E-state index in [2.05, 4.69) is 9.71 Å². The second kappa shape index (κ2) is 7.76. The average Bonchev–Trinajstić information content (AvgIpc) is 2.59. The van der Waals surface area contributed by atoms with Gasteiger partial charge >= 0.3 is 0 Å². The molecule has 0 unspecified atom stereocenters. The summed E-state index contributed by atoms with van der Waals surface area (Å²) in [6, 6.07) is 6.48. The van der Waals surface area contributed by atoms with Gasteiger partial charge in [0.2, 0.25) is 0 Å². The van der Waals surface area contributed by atoms with Gasteiger partial charge in [-0.3, -0.25) is 4.79 Å². The number of carbonyl (C=O) groups is 1. The summed E-state index contributed by atoms with van der Waals surface area (Å²) in [5.74, 6) is -0.251. The summed E-state index contributed by atoms with van der Waals surface area (Å²) >= 11 is 0. The number of sulfone groups is 1. The van der Waals surface area contributed by atoms with Gasteiger partial charge in [-0.2, -0.15) is 0 Å². The van der Waals surface area contributed by atoms with Crippen molar-refractivity contribution >= 4 is 37.3 Å². The minimum absolute atomic E-state index is 0.00416. The number of benzene rings is 1. The minimum atomic E-state index is -3.60. The van der Waals surface area contributed by atoms with Gasteiger partial charge in [-0.05, 0) is 24.3 Å². The number of fused-ring (bicyclic) bond motifs is 1. The first-order valence-corrected chi connectivity index (χ1v) is 12.0. The highest BCUT2D eigenvalue weighted by molar-refractivity contribution is 7.90. The maximum absolute atomic E-state index is 12.7. The molecule has 0 bridgehead atoms. The van der Waals surface area contributed by atoms with Crippen molar-refractivity contribution in [1.82, 2.24) is 4.90 Å². The van der Waals surface area contributed by atoms with Gasteiger partial charge in [-0.1, -0.05) is 6.07 Å². The van der Waals surface area contributed by atoms with Crippen molar-refractivity contribution in [3.05, 3.63) is 48.2 Å². The Hall–Kier alpha value is -2.66. The van der Waals surface area contributed by atoms with Gasteiger partial charge in [0.1, 0.15) is 12.4 Å². The van der Waals surface area contributed by atoms with Crippen molar-refractivity contribution in [3.8, 4) is 5.75 Å². The number of hydrogen-bond acceptors (Lipinski definition) is 7. The van der Waals surface area contributed by atoms with E-state index in [1.165, 1.54) is 6.08 Å². The summed E-state index contributed by atoms with van der Waals surface area (Å²) in [5, 5.41) is 2.68. The molecule has 9 nitrogen and oxygen atoms in total. The highest BCUT2D eigenvalue weighted by atomic mass is 32.2. The number of rotatable bonds is 6. The number of amides is 1. The molecule has 2 heterocycles. The Labute approximate surface area is 163 Å². The number of allylic oxidation sites excluding steroid dienone is 2. The maximum Gasteiger partial charge on any atom is 0.259 e. The number of ether oxygens (including phenoxy) is 1. The van der Waals surface area contributed by atoms with Crippen LogP contribution in [0, 0.1) is 0 Å². The largest absolute Gasteiger partial charge is 0.492 e. The van der Waals surface area contributed by atoms with Crippen LogP contribution in [0.5, 0.6) is 5.75 Å². The quantitative estimate of drug-likeness (QED) is 0.706. The third-order valence-electron chi connectivity index (χ3n) is 3.92. The van der Waals surface area contributed by atoms with Gasteiger partial charge in [0.05, 0.1) is 17.1 Å². The molecular weight excluding hydrogens is 406 g/mol. The van der Waals surface area contributed by atoms with Crippen molar-refractivity contribution in [2.45, 2.75) is 0 Å². The van der Waals surface area contributed by atoms with Crippen molar-refractivity contribution in [3.63, 3.8) is 0 Å². The molecule has 2 aliphatic heterocycles. The number of anilines is 1. The summed E-state index contributed by atoms with van der Waals surface area (Å²) in [6.45, 7) is 0.224. The smallest absolute Gasteiger partial charge is 0.259 e. The van der Waals surface area contributed by atoms with Crippen LogP contribution in [0.2, 0.25) is 0 Å². The molecule has 2 aliphatic rings. The Kier molecular flexibility index (Phi) is 5.57. The molecule has 0 radical (unpaired) electrons. The van der Waals surface area contributed by atoms with Crippen LogP contribution in [0.1, 0.15) is 0 Å². The zero-order valence-corrected chi connectivity index (χ0v) is 16.7. The first-order chi connectivity index (χ1) is 13.1. The molecule has 0 saturated carbocycles. The Bertz CT molecular complexity index is 1090. The van der Waals surface area contributed by atoms with Gasteiger partial charge in [0, 0.05) is 30.8 Å². The molecule has 1 aromatic rings. The van der Waals surface area contributed by atoms with E-state index in [1.807, 2.05) is 0 Å². The van der Waals surface area contributed by atoms with E-state index in [4.69, 9.17) is 4.74 Å². The van der Waals surface area contributed by atoms with Crippen molar-refractivity contribution < 1.29 is 26.4 Å². The summed E-state index contributed by atoms with van der Waals surface area (Å²) in [5.41, 5.74) is 0.553. The SMILES string of the molecule is CS(=O)(=O)CCOc1cccc(NC(=O)C2=CC=CN3CCS(=O)(=O)N=C23)c1. The van der Waals surface area contributed by atoms with Crippen LogP contribution in [0.25, 0.3) is 0 Å². The van der Waals surface area contributed by atoms with Crippen molar-refractivity contribution in [2.24, 2.45) is 4.40 Å². The van der Waals surface area contributed by atoms with Crippen molar-refractivity contribution in [2.75, 3.05) is 36.2 Å². The van der Waals surface area contributed by atoms with E-state index < -0.39 is 25.8 Å². The monoisotopic (exact) mass is 425 g/mol. The van der Waals surface area contributed by atoms with E-state index >= 15 is 0 Å². The predicted octanol–water partition coefficient (Wildman–Crippen LogP) is 0.546. The number of amidine groups is 1. The first-order valence-electron chi connectivity index (χ1n) is 8.33. The van der Waals surface area contributed by atoms with Gasteiger partial charge in [0.15, 0.2) is 15.7 Å². The number of hydrogen-bond donors (Lipinski definition) is 1. The molecule has 0 aromatic heterocycles. The molecule has 1 amide bonds. The molecule has 0 spiro atoms. The molecule has 0 atom stereocenters. The van der Waals surface area contributed by atoms with Gasteiger partial charge < -0.3 is 15.0 Å². The second-order valence-electron chi connectivity index (χ2n) is 6.28. The van der Waals surface area contributed by atoms with Crippen LogP contribution in [-0.2, 0) is 24.7 Å². The highest BCUT2D eigenvalue weighted by Crippen LogP contribution is 2.21. The van der Waals surface area contributed by atoms with E-state index in [-0.39, 0.29) is 36.1 Å². The van der Waals surface area contributed by atoms with E-state index in [9.17, 15) is 21.6 Å². The Morgan fingerprint density at radius 2 is 2.14 bits per heavy atom. The Balaban J connectivity index is 1.72.